The zero-order valence-electron chi connectivity index (χ0n) is 37.0. The third-order valence-electron chi connectivity index (χ3n) is 13.6. The van der Waals surface area contributed by atoms with E-state index < -0.39 is 0 Å². The average molecular weight is 771 g/mol. The van der Waals surface area contributed by atoms with E-state index in [1.54, 1.807) is 11.1 Å². The zero-order valence-corrected chi connectivity index (χ0v) is 37.0. The first-order valence-corrected chi connectivity index (χ1v) is 21.9. The van der Waals surface area contributed by atoms with E-state index in [4.69, 9.17) is 0 Å². The van der Waals surface area contributed by atoms with Gasteiger partial charge >= 0.3 is 0 Å². The van der Waals surface area contributed by atoms with Crippen LogP contribution in [-0.2, 0) is 6.42 Å². The van der Waals surface area contributed by atoms with Crippen molar-refractivity contribution in [2.45, 2.75) is 88.0 Å². The second-order valence-corrected chi connectivity index (χ2v) is 18.9. The van der Waals surface area contributed by atoms with Crippen molar-refractivity contribution in [2.75, 3.05) is 16.3 Å². The highest BCUT2D eigenvalue weighted by molar-refractivity contribution is 6.40. The highest BCUT2D eigenvalue weighted by Crippen LogP contribution is 2.53. The Labute approximate surface area is 354 Å². The molecule has 9 rings (SSSR count). The van der Waals surface area contributed by atoms with Crippen molar-refractivity contribution in [3.63, 3.8) is 0 Å². The van der Waals surface area contributed by atoms with Crippen LogP contribution in [0.2, 0.25) is 0 Å². The molecule has 3 aliphatic carbocycles. The van der Waals surface area contributed by atoms with Gasteiger partial charge in [0.2, 0.25) is 0 Å². The van der Waals surface area contributed by atoms with Gasteiger partial charge in [0.1, 0.15) is 7.85 Å². The molecule has 0 fully saturated rings. The van der Waals surface area contributed by atoms with Crippen LogP contribution in [0.25, 0.3) is 27.8 Å². The Morgan fingerprint density at radius 1 is 0.729 bits per heavy atom. The van der Waals surface area contributed by atoms with Crippen LogP contribution >= 0.6 is 0 Å². The molecule has 3 heteroatoms. The second-order valence-electron chi connectivity index (χ2n) is 18.9. The molecule has 59 heavy (non-hydrogen) atoms. The first-order valence-electron chi connectivity index (χ1n) is 21.9. The molecule has 0 N–H and O–H groups in total. The van der Waals surface area contributed by atoms with E-state index in [2.05, 4.69) is 201 Å². The first-order chi connectivity index (χ1) is 28.2. The molecule has 0 spiro atoms. The predicted molar refractivity (Wildman–Crippen MR) is 258 cm³/mol. The molecule has 296 valence electrons. The Bertz CT molecular complexity index is 2630. The summed E-state index contributed by atoms with van der Waals surface area (Å²) in [6.07, 6.45) is 16.6. The molecule has 0 saturated carbocycles. The summed E-state index contributed by atoms with van der Waals surface area (Å²) in [5.74, 6) is 0. The fourth-order valence-corrected chi connectivity index (χ4v) is 10.4. The molecule has 0 saturated heterocycles. The van der Waals surface area contributed by atoms with Crippen LogP contribution in [0.3, 0.4) is 0 Å². The number of allylic oxidation sites excluding steroid dienone is 9. The fraction of sp³-hybridized carbons (Fsp3) is 0.286. The molecule has 1 heterocycles. The topological polar surface area (TPSA) is 6.48 Å². The normalized spacial score (nSPS) is 17.3. The summed E-state index contributed by atoms with van der Waals surface area (Å²) in [6.45, 7) is 21.6. The van der Waals surface area contributed by atoms with Gasteiger partial charge in [0.05, 0.1) is 5.69 Å². The molecule has 0 atom stereocenters. The number of benzene rings is 5. The molecule has 0 unspecified atom stereocenters. The van der Waals surface area contributed by atoms with Crippen molar-refractivity contribution in [2.24, 2.45) is 10.8 Å². The Kier molecular flexibility index (Phi) is 9.66. The summed E-state index contributed by atoms with van der Waals surface area (Å²) in [5.41, 5.74) is 26.7. The maximum absolute atomic E-state index is 2.71. The Morgan fingerprint density at radius 3 is 2.05 bits per heavy atom. The second kappa shape index (κ2) is 14.6. The van der Waals surface area contributed by atoms with Crippen molar-refractivity contribution in [1.82, 2.24) is 0 Å². The van der Waals surface area contributed by atoms with Gasteiger partial charge in [-0.25, -0.2) is 0 Å². The van der Waals surface area contributed by atoms with Gasteiger partial charge < -0.3 is 9.80 Å². The number of fused-ring (bicyclic) bond motifs is 9. The lowest BCUT2D eigenvalue weighted by molar-refractivity contribution is 0.472. The lowest BCUT2D eigenvalue weighted by atomic mass is 9.67. The Balaban J connectivity index is 1.31. The number of anilines is 5. The van der Waals surface area contributed by atoms with E-state index in [-0.39, 0.29) is 10.8 Å². The Morgan fingerprint density at radius 2 is 1.37 bits per heavy atom. The molecule has 1 aliphatic heterocycles. The quantitative estimate of drug-likeness (QED) is 0.120. The van der Waals surface area contributed by atoms with Crippen LogP contribution in [0.1, 0.15) is 88.6 Å². The number of nitrogens with zero attached hydrogens (tertiary/aromatic N) is 2. The van der Waals surface area contributed by atoms with E-state index in [1.807, 2.05) is 0 Å². The van der Waals surface area contributed by atoms with E-state index in [1.165, 1.54) is 83.6 Å². The summed E-state index contributed by atoms with van der Waals surface area (Å²) >= 11 is 0. The van der Waals surface area contributed by atoms with Crippen LogP contribution in [0.5, 0.6) is 0 Å². The summed E-state index contributed by atoms with van der Waals surface area (Å²) in [7, 11) is 2.35. The molecule has 2 nitrogen and oxygen atoms in total. The van der Waals surface area contributed by atoms with Gasteiger partial charge in [0.25, 0.3) is 0 Å². The summed E-state index contributed by atoms with van der Waals surface area (Å²) < 4.78 is 0. The van der Waals surface area contributed by atoms with Gasteiger partial charge in [-0.15, -0.1) is 0 Å². The highest BCUT2D eigenvalue weighted by atomic mass is 15.2. The first kappa shape index (κ1) is 39.0. The zero-order chi connectivity index (χ0) is 41.4. The number of hydrogen-bond acceptors (Lipinski definition) is 2. The van der Waals surface area contributed by atoms with Crippen LogP contribution in [0, 0.1) is 31.6 Å². The van der Waals surface area contributed by atoms with Crippen LogP contribution in [0.4, 0.5) is 28.4 Å². The van der Waals surface area contributed by atoms with Crippen LogP contribution < -0.4 is 15.3 Å². The molecule has 4 aliphatic rings. The average Bonchev–Trinajstić information content (AvgIpc) is 3.59. The fourth-order valence-electron chi connectivity index (χ4n) is 10.4. The third-order valence-corrected chi connectivity index (χ3v) is 13.6. The largest absolute Gasteiger partial charge is 0.337 e. The predicted octanol–water partition coefficient (Wildman–Crippen LogP) is 14.1. The van der Waals surface area contributed by atoms with E-state index in [9.17, 15) is 0 Å². The molecule has 0 radical (unpaired) electrons. The van der Waals surface area contributed by atoms with Crippen molar-refractivity contribution in [3.8, 4) is 22.3 Å². The number of rotatable bonds is 7. The van der Waals surface area contributed by atoms with Gasteiger partial charge in [-0.2, -0.15) is 0 Å². The van der Waals surface area contributed by atoms with Gasteiger partial charge in [-0.1, -0.05) is 147 Å². The minimum atomic E-state index is -0.0350. The van der Waals surface area contributed by atoms with Crippen LogP contribution in [-0.4, -0.2) is 14.4 Å². The lowest BCUT2D eigenvalue weighted by Gasteiger charge is -2.39. The smallest absolute Gasteiger partial charge is 0.142 e. The highest BCUT2D eigenvalue weighted by Gasteiger charge is 2.35. The van der Waals surface area contributed by atoms with Crippen molar-refractivity contribution in [1.29, 1.82) is 0 Å². The van der Waals surface area contributed by atoms with Gasteiger partial charge in [-0.3, -0.25) is 0 Å². The molecule has 5 aromatic rings. The number of aryl methyl sites for hydroxylation is 3. The standard InChI is InChI=1S/C56H59BN2/c1-10-49-50(56(8,9)28-27-55(49,6)7)30-38(5)34-58-51-31-37(4)29-48(53(51)57)45-26-24-43(59(41-20-15-35(2)16-21-41)42-22-17-36(3)18-23-42)33-47(45)46-25-19-40-32-39-13-11-12-14-44(39)52(40)54(46)58/h12,14-31,33H,10-11,13,32,34,57H2,1-9H3/b38-30-. The monoisotopic (exact) mass is 770 g/mol. The molecular weight excluding hydrogens is 711 g/mol. The Hall–Kier alpha value is -5.54. The number of hydrogen-bond donors (Lipinski definition) is 0. The third kappa shape index (κ3) is 6.77. The molecule has 0 amide bonds. The van der Waals surface area contributed by atoms with E-state index in [0.717, 1.165) is 49.3 Å². The van der Waals surface area contributed by atoms with Crippen LogP contribution in [0.15, 0.2) is 144 Å². The van der Waals surface area contributed by atoms with Crippen molar-refractivity contribution >= 4 is 47.3 Å². The minimum absolute atomic E-state index is 0.0350. The molecule has 5 aromatic carbocycles. The van der Waals surface area contributed by atoms with Gasteiger partial charge in [-0.05, 0) is 135 Å². The van der Waals surface area contributed by atoms with Crippen molar-refractivity contribution in [3.05, 3.63) is 171 Å². The van der Waals surface area contributed by atoms with Crippen molar-refractivity contribution < 1.29 is 0 Å². The molecule has 0 aromatic heterocycles. The van der Waals surface area contributed by atoms with E-state index in [0.29, 0.717) is 0 Å². The SMILES string of the molecule is Bc1c2cc(C)cc1N(C/C(C)=C\C1=C(CC)C(C)(C)C=CC1(C)C)c1c(ccc3c1C1=C(CCC=C1)C3)-c1cc(N(c3ccc(C)cc3)c3ccc(C)cc3)ccc1-2. The lowest BCUT2D eigenvalue weighted by Crippen LogP contribution is -2.30. The summed E-state index contributed by atoms with van der Waals surface area (Å²) in [6, 6.07) is 34.9. The summed E-state index contributed by atoms with van der Waals surface area (Å²) in [5, 5.41) is 0. The molecular formula is C56H59BN2. The molecule has 2 bridgehead atoms. The van der Waals surface area contributed by atoms with Gasteiger partial charge in [0, 0.05) is 51.3 Å². The van der Waals surface area contributed by atoms with E-state index >= 15 is 0 Å². The summed E-state index contributed by atoms with van der Waals surface area (Å²) in [4.78, 5) is 5.14. The maximum atomic E-state index is 2.71. The maximum Gasteiger partial charge on any atom is 0.142 e. The van der Waals surface area contributed by atoms with Gasteiger partial charge in [0.15, 0.2) is 0 Å². The minimum Gasteiger partial charge on any atom is -0.337 e.